The van der Waals surface area contributed by atoms with Crippen LogP contribution in [-0.4, -0.2) is 62.9 Å². The van der Waals surface area contributed by atoms with Gasteiger partial charge in [-0.2, -0.15) is 0 Å². The van der Waals surface area contributed by atoms with Crippen molar-refractivity contribution in [1.82, 2.24) is 0 Å². The molecule has 6 nitrogen and oxygen atoms in total. The molecule has 2 heterocycles. The average Bonchev–Trinajstić information content (AvgIpc) is 3.37. The third kappa shape index (κ3) is 5.57. The highest BCUT2D eigenvalue weighted by molar-refractivity contribution is 4.97. The fourth-order valence-corrected chi connectivity index (χ4v) is 6.28. The van der Waals surface area contributed by atoms with Crippen molar-refractivity contribution in [2.45, 2.75) is 114 Å². The molecule has 6 atom stereocenters. The summed E-state index contributed by atoms with van der Waals surface area (Å²) in [5.74, 6) is 1.27. The number of fused-ring (bicyclic) bond motifs is 1. The van der Waals surface area contributed by atoms with Crippen LogP contribution >= 0.6 is 0 Å². The monoisotopic (exact) mass is 424 g/mol. The molecule has 4 N–H and O–H groups in total. The Morgan fingerprint density at radius 3 is 1.40 bits per heavy atom. The van der Waals surface area contributed by atoms with Crippen LogP contribution in [-0.2, 0) is 18.9 Å². The summed E-state index contributed by atoms with van der Waals surface area (Å²) in [4.78, 5) is 0. The van der Waals surface area contributed by atoms with Crippen LogP contribution in [0.2, 0.25) is 0 Å². The quantitative estimate of drug-likeness (QED) is 0.560. The summed E-state index contributed by atoms with van der Waals surface area (Å²) < 4.78 is 25.6. The molecule has 0 bridgehead atoms. The van der Waals surface area contributed by atoms with Crippen LogP contribution < -0.4 is 11.5 Å². The first-order chi connectivity index (χ1) is 14.8. The van der Waals surface area contributed by atoms with E-state index in [4.69, 9.17) is 30.4 Å². The van der Waals surface area contributed by atoms with Crippen molar-refractivity contribution in [2.75, 3.05) is 26.3 Å². The fourth-order valence-electron chi connectivity index (χ4n) is 6.28. The fraction of sp³-hybridized carbons (Fsp3) is 1.00. The summed E-state index contributed by atoms with van der Waals surface area (Å²) in [6.07, 6.45) is 15.4. The Labute approximate surface area is 182 Å². The lowest BCUT2D eigenvalue weighted by Gasteiger charge is -2.33. The van der Waals surface area contributed by atoms with Crippen LogP contribution in [0.1, 0.15) is 77.0 Å². The Morgan fingerprint density at radius 1 is 0.633 bits per heavy atom. The van der Waals surface area contributed by atoms with Crippen molar-refractivity contribution >= 4 is 0 Å². The summed E-state index contributed by atoms with van der Waals surface area (Å²) in [5.41, 5.74) is 11.8. The average molecular weight is 425 g/mol. The third-order valence-electron chi connectivity index (χ3n) is 7.92. The molecule has 0 aromatic rings. The van der Waals surface area contributed by atoms with Crippen LogP contribution in [0.15, 0.2) is 0 Å². The van der Waals surface area contributed by atoms with Gasteiger partial charge in [0.15, 0.2) is 0 Å². The minimum absolute atomic E-state index is 0.00437. The maximum atomic E-state index is 6.62. The lowest BCUT2D eigenvalue weighted by atomic mass is 9.84. The minimum atomic E-state index is -0.0104. The summed E-state index contributed by atoms with van der Waals surface area (Å²) >= 11 is 0. The van der Waals surface area contributed by atoms with E-state index >= 15 is 0 Å². The lowest BCUT2D eigenvalue weighted by Crippen LogP contribution is -2.40. The first kappa shape index (κ1) is 22.9. The van der Waals surface area contributed by atoms with E-state index in [9.17, 15) is 0 Å². The highest BCUT2D eigenvalue weighted by Crippen LogP contribution is 2.37. The summed E-state index contributed by atoms with van der Waals surface area (Å²) in [6, 6.07) is 0. The van der Waals surface area contributed by atoms with Gasteiger partial charge < -0.3 is 30.4 Å². The maximum Gasteiger partial charge on any atom is 0.115 e. The van der Waals surface area contributed by atoms with Gasteiger partial charge in [-0.3, -0.25) is 0 Å². The van der Waals surface area contributed by atoms with Crippen molar-refractivity contribution in [3.63, 3.8) is 0 Å². The number of rotatable bonds is 10. The van der Waals surface area contributed by atoms with Gasteiger partial charge in [0.1, 0.15) is 24.4 Å². The first-order valence-electron chi connectivity index (χ1n) is 12.7. The van der Waals surface area contributed by atoms with E-state index in [2.05, 4.69) is 0 Å². The summed E-state index contributed by atoms with van der Waals surface area (Å²) in [7, 11) is 0. The highest BCUT2D eigenvalue weighted by Gasteiger charge is 2.50. The van der Waals surface area contributed by atoms with Crippen LogP contribution in [0.4, 0.5) is 0 Å². The topological polar surface area (TPSA) is 89.0 Å². The molecule has 174 valence electrons. The highest BCUT2D eigenvalue weighted by atomic mass is 16.6. The molecule has 0 spiro atoms. The minimum Gasteiger partial charge on any atom is -0.370 e. The molecular weight excluding hydrogens is 380 g/mol. The van der Waals surface area contributed by atoms with Crippen LogP contribution in [0.3, 0.4) is 0 Å². The van der Waals surface area contributed by atoms with E-state index in [1.807, 2.05) is 0 Å². The van der Waals surface area contributed by atoms with Gasteiger partial charge in [0, 0.05) is 0 Å². The Morgan fingerprint density at radius 2 is 1.03 bits per heavy atom. The maximum absolute atomic E-state index is 6.62. The van der Waals surface area contributed by atoms with E-state index in [1.165, 1.54) is 64.2 Å². The Hall–Kier alpha value is -0.240. The molecule has 2 saturated carbocycles. The van der Waals surface area contributed by atoms with E-state index in [0.717, 1.165) is 12.8 Å². The van der Waals surface area contributed by atoms with E-state index in [-0.39, 0.29) is 36.6 Å². The van der Waals surface area contributed by atoms with Crippen LogP contribution in [0, 0.1) is 11.8 Å². The normalized spacial score (nSPS) is 35.4. The molecule has 0 amide bonds. The predicted molar refractivity (Wildman–Crippen MR) is 117 cm³/mol. The number of hydrogen-bond donors (Lipinski definition) is 2. The van der Waals surface area contributed by atoms with Crippen molar-refractivity contribution < 1.29 is 18.9 Å². The molecule has 4 rings (SSSR count). The second kappa shape index (κ2) is 11.6. The van der Waals surface area contributed by atoms with Crippen molar-refractivity contribution in [3.8, 4) is 0 Å². The van der Waals surface area contributed by atoms with Gasteiger partial charge in [0.25, 0.3) is 0 Å². The molecule has 2 saturated heterocycles. The number of nitrogens with two attached hydrogens (primary N) is 2. The van der Waals surface area contributed by atoms with Gasteiger partial charge in [0.2, 0.25) is 0 Å². The summed E-state index contributed by atoms with van der Waals surface area (Å²) in [5, 5.41) is 0. The summed E-state index contributed by atoms with van der Waals surface area (Å²) in [6.45, 7) is 2.57. The standard InChI is InChI=1S/C24H44N2O4/c25-13-11-19(17-7-3-1-4-8-17)29-21-15-27-24-22(16-28-23(21)24)30-20(12-14-26)18-9-5-2-6-10-18/h17-24H,1-16,25-26H2/t19?,20?,21-,22+,23?,24?. The molecule has 0 radical (unpaired) electrons. The van der Waals surface area contributed by atoms with Gasteiger partial charge in [-0.25, -0.2) is 0 Å². The Balaban J connectivity index is 1.32. The van der Waals surface area contributed by atoms with Gasteiger partial charge in [-0.1, -0.05) is 38.5 Å². The first-order valence-corrected chi connectivity index (χ1v) is 12.7. The predicted octanol–water partition coefficient (Wildman–Crippen LogP) is 3.15. The van der Waals surface area contributed by atoms with Crippen molar-refractivity contribution in [3.05, 3.63) is 0 Å². The second-order valence-electron chi connectivity index (χ2n) is 9.97. The molecular formula is C24H44N2O4. The molecule has 6 heteroatoms. The SMILES string of the molecule is NCCC(O[C@H]1COC2C1OC[C@H]2OC(CCN)C1CCCCC1)C1CCCCC1. The van der Waals surface area contributed by atoms with E-state index in [0.29, 0.717) is 38.1 Å². The molecule has 4 unspecified atom stereocenters. The Kier molecular flexibility index (Phi) is 8.85. The van der Waals surface area contributed by atoms with Crippen molar-refractivity contribution in [2.24, 2.45) is 23.3 Å². The van der Waals surface area contributed by atoms with Gasteiger partial charge >= 0.3 is 0 Å². The molecule has 0 aromatic carbocycles. The molecule has 30 heavy (non-hydrogen) atoms. The number of hydrogen-bond acceptors (Lipinski definition) is 6. The third-order valence-corrected chi connectivity index (χ3v) is 7.92. The zero-order chi connectivity index (χ0) is 20.8. The molecule has 2 aliphatic carbocycles. The van der Waals surface area contributed by atoms with E-state index in [1.54, 1.807) is 0 Å². The smallest absolute Gasteiger partial charge is 0.115 e. The Bertz CT molecular complexity index is 452. The molecule has 4 aliphatic rings. The van der Waals surface area contributed by atoms with Crippen LogP contribution in [0.5, 0.6) is 0 Å². The molecule has 4 fully saturated rings. The zero-order valence-electron chi connectivity index (χ0n) is 18.7. The lowest BCUT2D eigenvalue weighted by molar-refractivity contribution is -0.110. The number of ether oxygens (including phenoxy) is 4. The molecule has 0 aromatic heterocycles. The zero-order valence-corrected chi connectivity index (χ0v) is 18.7. The van der Waals surface area contributed by atoms with Gasteiger partial charge in [-0.05, 0) is 63.5 Å². The van der Waals surface area contributed by atoms with E-state index < -0.39 is 0 Å². The van der Waals surface area contributed by atoms with Crippen LogP contribution in [0.25, 0.3) is 0 Å². The largest absolute Gasteiger partial charge is 0.370 e. The molecule has 2 aliphatic heterocycles. The second-order valence-corrected chi connectivity index (χ2v) is 9.97. The van der Waals surface area contributed by atoms with Crippen molar-refractivity contribution in [1.29, 1.82) is 0 Å². The van der Waals surface area contributed by atoms with Gasteiger partial charge in [0.05, 0.1) is 25.4 Å². The van der Waals surface area contributed by atoms with Gasteiger partial charge in [-0.15, -0.1) is 0 Å².